The molecule has 1 aliphatic rings. The SMILES string of the molecule is CC(=O)N1CCc2cc(NC(=O)Cc3ccc4ccccc4c3)ccc21. The van der Waals surface area contributed by atoms with Crippen LogP contribution in [0.2, 0.25) is 0 Å². The van der Waals surface area contributed by atoms with E-state index in [2.05, 4.69) is 23.5 Å². The van der Waals surface area contributed by atoms with Crippen molar-refractivity contribution in [2.45, 2.75) is 19.8 Å². The van der Waals surface area contributed by atoms with Crippen LogP contribution in [0.4, 0.5) is 11.4 Å². The first kappa shape index (κ1) is 16.3. The zero-order valence-electron chi connectivity index (χ0n) is 14.7. The number of rotatable bonds is 3. The molecule has 0 radical (unpaired) electrons. The summed E-state index contributed by atoms with van der Waals surface area (Å²) in [5.74, 6) is 0.0125. The van der Waals surface area contributed by atoms with Gasteiger partial charge in [-0.25, -0.2) is 0 Å². The fourth-order valence-electron chi connectivity index (χ4n) is 3.55. The second-order valence-corrected chi connectivity index (χ2v) is 6.67. The Kier molecular flexibility index (Phi) is 4.17. The van der Waals surface area contributed by atoms with E-state index in [9.17, 15) is 9.59 Å². The van der Waals surface area contributed by atoms with Crippen molar-refractivity contribution in [3.8, 4) is 0 Å². The molecule has 4 nitrogen and oxygen atoms in total. The van der Waals surface area contributed by atoms with Crippen molar-refractivity contribution in [3.05, 3.63) is 71.8 Å². The number of fused-ring (bicyclic) bond motifs is 2. The molecule has 0 aromatic heterocycles. The van der Waals surface area contributed by atoms with Crippen LogP contribution in [0, 0.1) is 0 Å². The van der Waals surface area contributed by atoms with Crippen molar-refractivity contribution in [1.82, 2.24) is 0 Å². The van der Waals surface area contributed by atoms with Crippen LogP contribution < -0.4 is 10.2 Å². The fourth-order valence-corrected chi connectivity index (χ4v) is 3.55. The summed E-state index contributed by atoms with van der Waals surface area (Å²) in [6, 6.07) is 20.0. The van der Waals surface area contributed by atoms with E-state index >= 15 is 0 Å². The summed E-state index contributed by atoms with van der Waals surface area (Å²) in [5, 5.41) is 5.28. The molecule has 0 fully saturated rings. The molecule has 0 atom stereocenters. The summed E-state index contributed by atoms with van der Waals surface area (Å²) in [6.07, 6.45) is 1.16. The fraction of sp³-hybridized carbons (Fsp3) is 0.182. The predicted molar refractivity (Wildman–Crippen MR) is 104 cm³/mol. The Bertz CT molecular complexity index is 1010. The lowest BCUT2D eigenvalue weighted by molar-refractivity contribution is -0.117. The Morgan fingerprint density at radius 2 is 1.81 bits per heavy atom. The highest BCUT2D eigenvalue weighted by Gasteiger charge is 2.22. The maximum absolute atomic E-state index is 12.4. The standard InChI is InChI=1S/C22H20N2O2/c1-15(25)24-11-10-19-14-20(8-9-21(19)24)23-22(26)13-16-6-7-17-4-2-3-5-18(17)12-16/h2-9,12,14H,10-11,13H2,1H3,(H,23,26). The van der Waals surface area contributed by atoms with E-state index in [4.69, 9.17) is 0 Å². The molecule has 0 saturated carbocycles. The van der Waals surface area contributed by atoms with E-state index in [1.165, 1.54) is 5.39 Å². The molecule has 3 aromatic rings. The van der Waals surface area contributed by atoms with Gasteiger partial charge in [-0.3, -0.25) is 9.59 Å². The van der Waals surface area contributed by atoms with E-state index in [1.807, 2.05) is 42.5 Å². The largest absolute Gasteiger partial charge is 0.326 e. The van der Waals surface area contributed by atoms with Crippen LogP contribution in [0.3, 0.4) is 0 Å². The van der Waals surface area contributed by atoms with Crippen molar-refractivity contribution in [1.29, 1.82) is 0 Å². The number of carbonyl (C=O) groups is 2. The van der Waals surface area contributed by atoms with E-state index in [-0.39, 0.29) is 11.8 Å². The number of nitrogens with one attached hydrogen (secondary N) is 1. The first-order valence-corrected chi connectivity index (χ1v) is 8.79. The third kappa shape index (κ3) is 3.18. The number of hydrogen-bond donors (Lipinski definition) is 1. The number of benzene rings is 3. The quantitative estimate of drug-likeness (QED) is 0.783. The second kappa shape index (κ2) is 6.64. The Morgan fingerprint density at radius 3 is 2.62 bits per heavy atom. The average Bonchev–Trinajstić information content (AvgIpc) is 3.05. The first-order chi connectivity index (χ1) is 12.6. The minimum atomic E-state index is -0.0401. The smallest absolute Gasteiger partial charge is 0.228 e. The molecule has 4 heteroatoms. The van der Waals surface area contributed by atoms with Crippen LogP contribution in [0.25, 0.3) is 10.8 Å². The monoisotopic (exact) mass is 344 g/mol. The van der Waals surface area contributed by atoms with Gasteiger partial charge in [0.1, 0.15) is 0 Å². The van der Waals surface area contributed by atoms with Crippen LogP contribution in [-0.4, -0.2) is 18.4 Å². The Balaban J connectivity index is 1.47. The minimum absolute atomic E-state index is 0.0401. The minimum Gasteiger partial charge on any atom is -0.326 e. The summed E-state index contributed by atoms with van der Waals surface area (Å²) in [7, 11) is 0. The first-order valence-electron chi connectivity index (χ1n) is 8.79. The Labute approximate surface area is 152 Å². The van der Waals surface area contributed by atoms with E-state index in [0.29, 0.717) is 13.0 Å². The van der Waals surface area contributed by atoms with Gasteiger partial charge in [0.25, 0.3) is 0 Å². The van der Waals surface area contributed by atoms with Gasteiger partial charge in [-0.05, 0) is 46.5 Å². The van der Waals surface area contributed by atoms with Crippen molar-refractivity contribution in [3.63, 3.8) is 0 Å². The van der Waals surface area contributed by atoms with Gasteiger partial charge in [0.2, 0.25) is 11.8 Å². The molecule has 0 unspecified atom stereocenters. The predicted octanol–water partition coefficient (Wildman–Crippen LogP) is 3.93. The molecule has 0 bridgehead atoms. The third-order valence-corrected chi connectivity index (χ3v) is 4.82. The van der Waals surface area contributed by atoms with Gasteiger partial charge in [0.15, 0.2) is 0 Å². The lowest BCUT2D eigenvalue weighted by Crippen LogP contribution is -2.25. The Hall–Kier alpha value is -3.14. The van der Waals surface area contributed by atoms with E-state index in [1.54, 1.807) is 11.8 Å². The maximum atomic E-state index is 12.4. The van der Waals surface area contributed by atoms with Gasteiger partial charge in [-0.15, -0.1) is 0 Å². The molecular formula is C22H20N2O2. The number of anilines is 2. The molecule has 1 heterocycles. The van der Waals surface area contributed by atoms with Gasteiger partial charge in [0.05, 0.1) is 6.42 Å². The summed E-state index contributed by atoms with van der Waals surface area (Å²) >= 11 is 0. The second-order valence-electron chi connectivity index (χ2n) is 6.67. The van der Waals surface area contributed by atoms with Crippen LogP contribution >= 0.6 is 0 Å². The zero-order valence-corrected chi connectivity index (χ0v) is 14.7. The number of nitrogens with zero attached hydrogens (tertiary/aromatic N) is 1. The molecule has 4 rings (SSSR count). The molecule has 0 saturated heterocycles. The van der Waals surface area contributed by atoms with E-state index < -0.39 is 0 Å². The molecule has 130 valence electrons. The third-order valence-electron chi connectivity index (χ3n) is 4.82. The normalized spacial score (nSPS) is 12.9. The molecule has 1 N–H and O–H groups in total. The van der Waals surface area contributed by atoms with Crippen LogP contribution in [0.15, 0.2) is 60.7 Å². The molecule has 3 aromatic carbocycles. The number of carbonyl (C=O) groups excluding carboxylic acids is 2. The van der Waals surface area contributed by atoms with Crippen molar-refractivity contribution in [2.24, 2.45) is 0 Å². The van der Waals surface area contributed by atoms with Gasteiger partial charge in [-0.2, -0.15) is 0 Å². The van der Waals surface area contributed by atoms with Crippen molar-refractivity contribution < 1.29 is 9.59 Å². The molecule has 2 amide bonds. The lowest BCUT2D eigenvalue weighted by atomic mass is 10.0. The highest BCUT2D eigenvalue weighted by Crippen LogP contribution is 2.30. The van der Waals surface area contributed by atoms with Gasteiger partial charge in [-0.1, -0.05) is 42.5 Å². The summed E-state index contributed by atoms with van der Waals surface area (Å²) in [5.41, 5.74) is 3.82. The molecular weight excluding hydrogens is 324 g/mol. The van der Waals surface area contributed by atoms with Gasteiger partial charge < -0.3 is 10.2 Å². The van der Waals surface area contributed by atoms with Gasteiger partial charge >= 0.3 is 0 Å². The molecule has 0 aliphatic carbocycles. The zero-order chi connectivity index (χ0) is 18.1. The molecule has 26 heavy (non-hydrogen) atoms. The van der Waals surface area contributed by atoms with Crippen LogP contribution in [0.5, 0.6) is 0 Å². The number of amides is 2. The van der Waals surface area contributed by atoms with E-state index in [0.717, 1.165) is 34.3 Å². The van der Waals surface area contributed by atoms with Crippen LogP contribution in [-0.2, 0) is 22.4 Å². The Morgan fingerprint density at radius 1 is 1.00 bits per heavy atom. The summed E-state index contributed by atoms with van der Waals surface area (Å²) in [6.45, 7) is 2.29. The molecule has 1 aliphatic heterocycles. The number of hydrogen-bond acceptors (Lipinski definition) is 2. The highest BCUT2D eigenvalue weighted by molar-refractivity contribution is 5.96. The topological polar surface area (TPSA) is 49.4 Å². The highest BCUT2D eigenvalue weighted by atomic mass is 16.2. The van der Waals surface area contributed by atoms with Crippen molar-refractivity contribution >= 4 is 34.0 Å². The van der Waals surface area contributed by atoms with Crippen LogP contribution in [0.1, 0.15) is 18.1 Å². The average molecular weight is 344 g/mol. The maximum Gasteiger partial charge on any atom is 0.228 e. The van der Waals surface area contributed by atoms with Gasteiger partial charge in [0, 0.05) is 24.8 Å². The summed E-state index contributed by atoms with van der Waals surface area (Å²) in [4.78, 5) is 25.8. The molecule has 0 spiro atoms. The summed E-state index contributed by atoms with van der Waals surface area (Å²) < 4.78 is 0. The lowest BCUT2D eigenvalue weighted by Gasteiger charge is -2.15. The van der Waals surface area contributed by atoms with Crippen molar-refractivity contribution in [2.75, 3.05) is 16.8 Å².